The van der Waals surface area contributed by atoms with Crippen LogP contribution in [-0.4, -0.2) is 68.8 Å². The van der Waals surface area contributed by atoms with Gasteiger partial charge in [0.25, 0.3) is 15.9 Å². The van der Waals surface area contributed by atoms with Gasteiger partial charge in [0.1, 0.15) is 4.21 Å². The first-order chi connectivity index (χ1) is 16.4. The van der Waals surface area contributed by atoms with Gasteiger partial charge in [-0.3, -0.25) is 19.2 Å². The predicted octanol–water partition coefficient (Wildman–Crippen LogP) is 2.74. The summed E-state index contributed by atoms with van der Waals surface area (Å²) < 4.78 is 28.6. The van der Waals surface area contributed by atoms with Crippen molar-refractivity contribution in [3.63, 3.8) is 0 Å². The lowest BCUT2D eigenvalue weighted by Crippen LogP contribution is -2.51. The molecule has 1 saturated carbocycles. The van der Waals surface area contributed by atoms with Crippen molar-refractivity contribution in [2.24, 2.45) is 0 Å². The highest BCUT2D eigenvalue weighted by Gasteiger charge is 2.28. The predicted molar refractivity (Wildman–Crippen MR) is 133 cm³/mol. The van der Waals surface area contributed by atoms with Gasteiger partial charge >= 0.3 is 0 Å². The van der Waals surface area contributed by atoms with Gasteiger partial charge in [-0.15, -0.1) is 11.3 Å². The highest BCUT2D eigenvalue weighted by molar-refractivity contribution is 7.94. The summed E-state index contributed by atoms with van der Waals surface area (Å²) in [6.07, 6.45) is 2.11. The highest BCUT2D eigenvalue weighted by Crippen LogP contribution is 2.29. The maximum atomic E-state index is 13.5. The third-order valence-electron chi connectivity index (χ3n) is 6.09. The van der Waals surface area contributed by atoms with E-state index in [1.807, 2.05) is 29.2 Å². The van der Waals surface area contributed by atoms with Gasteiger partial charge < -0.3 is 10.2 Å². The van der Waals surface area contributed by atoms with Gasteiger partial charge in [0.2, 0.25) is 5.91 Å². The summed E-state index contributed by atoms with van der Waals surface area (Å²) in [6, 6.07) is 14.6. The molecule has 10 heteroatoms. The molecule has 0 bridgehead atoms. The van der Waals surface area contributed by atoms with Crippen LogP contribution in [0.1, 0.15) is 23.2 Å². The molecular weight excluding hydrogens is 472 g/mol. The SMILES string of the molecule is O=C(CN1CCN(C(=O)c2cc3ccccc3cc2NS(=O)(=O)c2cccs2)CC1)NC1CC1. The molecule has 2 amide bonds. The van der Waals surface area contributed by atoms with E-state index in [-0.39, 0.29) is 21.7 Å². The van der Waals surface area contributed by atoms with Gasteiger partial charge in [-0.05, 0) is 47.2 Å². The number of thiophene rings is 1. The minimum Gasteiger partial charge on any atom is -0.352 e. The Morgan fingerprint density at radius 2 is 1.68 bits per heavy atom. The number of piperazine rings is 1. The number of carbonyl (C=O) groups excluding carboxylic acids is 2. The van der Waals surface area contributed by atoms with Crippen molar-refractivity contribution in [3.8, 4) is 0 Å². The minimum absolute atomic E-state index is 0.0297. The van der Waals surface area contributed by atoms with Crippen molar-refractivity contribution in [1.29, 1.82) is 0 Å². The Morgan fingerprint density at radius 1 is 0.971 bits per heavy atom. The van der Waals surface area contributed by atoms with E-state index in [2.05, 4.69) is 10.0 Å². The Hall–Kier alpha value is -2.95. The zero-order chi connectivity index (χ0) is 23.7. The Bertz CT molecular complexity index is 1310. The third-order valence-corrected chi connectivity index (χ3v) is 8.85. The largest absolute Gasteiger partial charge is 0.352 e. The average molecular weight is 499 g/mol. The maximum Gasteiger partial charge on any atom is 0.271 e. The number of amides is 2. The number of rotatable bonds is 7. The number of carbonyl (C=O) groups is 2. The number of nitrogens with one attached hydrogen (secondary N) is 2. The van der Waals surface area contributed by atoms with Crippen LogP contribution in [0.25, 0.3) is 10.8 Å². The van der Waals surface area contributed by atoms with Gasteiger partial charge in [-0.1, -0.05) is 30.3 Å². The molecule has 2 aliphatic rings. The summed E-state index contributed by atoms with van der Waals surface area (Å²) in [5, 5.41) is 6.40. The van der Waals surface area contributed by atoms with Gasteiger partial charge in [-0.2, -0.15) is 0 Å². The lowest BCUT2D eigenvalue weighted by atomic mass is 10.0. The fourth-order valence-electron chi connectivity index (χ4n) is 4.10. The number of anilines is 1. The molecule has 0 spiro atoms. The minimum atomic E-state index is -3.81. The molecule has 2 fully saturated rings. The molecule has 8 nitrogen and oxygen atoms in total. The van der Waals surface area contributed by atoms with E-state index in [0.29, 0.717) is 44.3 Å². The summed E-state index contributed by atoms with van der Waals surface area (Å²) in [4.78, 5) is 29.4. The van der Waals surface area contributed by atoms with Gasteiger partial charge in [-0.25, -0.2) is 8.42 Å². The van der Waals surface area contributed by atoms with E-state index >= 15 is 0 Å². The second-order valence-corrected chi connectivity index (χ2v) is 11.5. The number of sulfonamides is 1. The molecular formula is C24H26N4O4S2. The van der Waals surface area contributed by atoms with Crippen LogP contribution < -0.4 is 10.0 Å². The van der Waals surface area contributed by atoms with E-state index in [0.717, 1.165) is 35.0 Å². The molecule has 34 heavy (non-hydrogen) atoms. The van der Waals surface area contributed by atoms with Crippen molar-refractivity contribution in [3.05, 3.63) is 59.5 Å². The normalized spacial score (nSPS) is 17.0. The number of benzene rings is 2. The molecule has 1 aromatic heterocycles. The zero-order valence-corrected chi connectivity index (χ0v) is 20.2. The summed E-state index contributed by atoms with van der Waals surface area (Å²) in [5.41, 5.74) is 0.585. The van der Waals surface area contributed by atoms with Crippen molar-refractivity contribution in [2.75, 3.05) is 37.4 Å². The van der Waals surface area contributed by atoms with Crippen LogP contribution in [0.15, 0.2) is 58.1 Å². The summed E-state index contributed by atoms with van der Waals surface area (Å²) in [6.45, 7) is 2.46. The van der Waals surface area contributed by atoms with Crippen molar-refractivity contribution in [1.82, 2.24) is 15.1 Å². The molecule has 2 N–H and O–H groups in total. The summed E-state index contributed by atoms with van der Waals surface area (Å²) >= 11 is 1.12. The second-order valence-electron chi connectivity index (χ2n) is 8.69. The van der Waals surface area contributed by atoms with E-state index in [1.54, 1.807) is 28.5 Å². The number of fused-ring (bicyclic) bond motifs is 1. The van der Waals surface area contributed by atoms with Crippen molar-refractivity contribution >= 4 is 49.6 Å². The lowest BCUT2D eigenvalue weighted by Gasteiger charge is -2.34. The van der Waals surface area contributed by atoms with Crippen molar-refractivity contribution < 1.29 is 18.0 Å². The van der Waals surface area contributed by atoms with Crippen LogP contribution >= 0.6 is 11.3 Å². The van der Waals surface area contributed by atoms with Crippen LogP contribution in [0.4, 0.5) is 5.69 Å². The van der Waals surface area contributed by atoms with E-state index < -0.39 is 10.0 Å². The second kappa shape index (κ2) is 9.36. The third kappa shape index (κ3) is 5.08. The zero-order valence-electron chi connectivity index (χ0n) is 18.6. The molecule has 5 rings (SSSR count). The smallest absolute Gasteiger partial charge is 0.271 e. The van der Waals surface area contributed by atoms with Gasteiger partial charge in [0.05, 0.1) is 17.8 Å². The monoisotopic (exact) mass is 498 g/mol. The van der Waals surface area contributed by atoms with Crippen LogP contribution in [0, 0.1) is 0 Å². The molecule has 1 aliphatic carbocycles. The average Bonchev–Trinajstić information content (AvgIpc) is 3.44. The molecule has 1 saturated heterocycles. The van der Waals surface area contributed by atoms with E-state index in [4.69, 9.17) is 0 Å². The lowest BCUT2D eigenvalue weighted by molar-refractivity contribution is -0.122. The number of hydrogen-bond donors (Lipinski definition) is 2. The molecule has 0 unspecified atom stereocenters. The number of nitrogens with zero attached hydrogens (tertiary/aromatic N) is 2. The Balaban J connectivity index is 1.35. The van der Waals surface area contributed by atoms with Crippen LogP contribution in [0.2, 0.25) is 0 Å². The molecule has 2 heterocycles. The highest BCUT2D eigenvalue weighted by atomic mass is 32.2. The molecule has 0 radical (unpaired) electrons. The Kier molecular flexibility index (Phi) is 6.28. The fourth-order valence-corrected chi connectivity index (χ4v) is 6.16. The van der Waals surface area contributed by atoms with Crippen molar-refractivity contribution in [2.45, 2.75) is 23.1 Å². The van der Waals surface area contributed by atoms with Crippen LogP contribution in [-0.2, 0) is 14.8 Å². The van der Waals surface area contributed by atoms with Gasteiger partial charge in [0.15, 0.2) is 0 Å². The topological polar surface area (TPSA) is 98.8 Å². The molecule has 0 atom stereocenters. The molecule has 178 valence electrons. The van der Waals surface area contributed by atoms with E-state index in [1.165, 1.54) is 6.07 Å². The summed E-state index contributed by atoms with van der Waals surface area (Å²) in [7, 11) is -3.81. The first-order valence-corrected chi connectivity index (χ1v) is 13.7. The Labute approximate surface area is 202 Å². The number of hydrogen-bond acceptors (Lipinski definition) is 6. The molecule has 1 aliphatic heterocycles. The van der Waals surface area contributed by atoms with Gasteiger partial charge in [0, 0.05) is 32.2 Å². The first-order valence-electron chi connectivity index (χ1n) is 11.3. The standard InChI is InChI=1S/C24H26N4O4S2/c29-22(25-19-7-8-19)16-27-9-11-28(12-10-27)24(30)20-14-17-4-1-2-5-18(17)15-21(20)26-34(31,32)23-6-3-13-33-23/h1-6,13-15,19,26H,7-12,16H2,(H,25,29). The Morgan fingerprint density at radius 3 is 2.32 bits per heavy atom. The molecule has 3 aromatic rings. The van der Waals surface area contributed by atoms with Crippen LogP contribution in [0.5, 0.6) is 0 Å². The quantitative estimate of drug-likeness (QED) is 0.522. The maximum absolute atomic E-state index is 13.5. The first kappa shape index (κ1) is 22.8. The van der Waals surface area contributed by atoms with E-state index in [9.17, 15) is 18.0 Å². The molecule has 2 aromatic carbocycles. The fraction of sp³-hybridized carbons (Fsp3) is 0.333. The summed E-state index contributed by atoms with van der Waals surface area (Å²) in [5.74, 6) is -0.196. The van der Waals surface area contributed by atoms with Crippen LogP contribution in [0.3, 0.4) is 0 Å².